The van der Waals surface area contributed by atoms with Crippen molar-refractivity contribution in [2.75, 3.05) is 13.2 Å². The third-order valence-electron chi connectivity index (χ3n) is 13.0. The van der Waals surface area contributed by atoms with Gasteiger partial charge in [-0.05, 0) is 148 Å². The standard InChI is InChI=1S/C73H116O6/c1-4-7-10-13-16-19-22-25-28-31-34-36-39-42-45-48-51-54-57-60-63-66-72(75)78-69-70(68-77-71(74)65-62-59-56-53-50-47-44-41-38-33-30-27-24-21-18-15-12-9-6-3)79-73(76)67-64-61-58-55-52-49-46-43-40-37-35-32-29-26-23-20-17-14-11-8-5-2/h7,9-10,12,16,18-19,21,23,25-28,30,32,34-36,38,40-43,45,47,50,70H,4-6,8,11,13-15,17,20,22,24,29,31,33,37,39,44,46,48-49,51-69H2,1-3H3/b10-7-,12-9-,19-16-,21-18-,26-23-,28-25-,30-27-,35-32-,36-34-,41-38-,43-40-,45-42-,50-47-. The molecule has 0 fully saturated rings. The van der Waals surface area contributed by atoms with Crippen LogP contribution in [0.3, 0.4) is 0 Å². The van der Waals surface area contributed by atoms with Crippen LogP contribution in [0.4, 0.5) is 0 Å². The molecule has 0 aliphatic carbocycles. The molecule has 0 radical (unpaired) electrons. The first-order valence-corrected chi connectivity index (χ1v) is 32.0. The summed E-state index contributed by atoms with van der Waals surface area (Å²) in [5.74, 6) is -0.976. The van der Waals surface area contributed by atoms with Crippen LogP contribution in [0.25, 0.3) is 0 Å². The Bertz CT molecular complexity index is 1780. The number of rotatable bonds is 56. The number of carbonyl (C=O) groups is 3. The van der Waals surface area contributed by atoms with Gasteiger partial charge in [0.05, 0.1) is 0 Å². The summed E-state index contributed by atoms with van der Waals surface area (Å²) in [6, 6.07) is 0. The average Bonchev–Trinajstić information content (AvgIpc) is 3.45. The molecular weight excluding hydrogens is 973 g/mol. The third-order valence-corrected chi connectivity index (χ3v) is 13.0. The fraction of sp³-hybridized carbons (Fsp3) is 0.603. The molecule has 0 aromatic heterocycles. The van der Waals surface area contributed by atoms with Crippen molar-refractivity contribution in [1.29, 1.82) is 0 Å². The zero-order valence-electron chi connectivity index (χ0n) is 50.8. The van der Waals surface area contributed by atoms with Crippen LogP contribution in [0, 0.1) is 0 Å². The quantitative estimate of drug-likeness (QED) is 0.0261. The highest BCUT2D eigenvalue weighted by atomic mass is 16.6. The molecule has 0 rings (SSSR count). The van der Waals surface area contributed by atoms with Crippen LogP contribution in [-0.4, -0.2) is 37.2 Å². The van der Waals surface area contributed by atoms with E-state index in [2.05, 4.69) is 179 Å². The molecule has 0 heterocycles. The van der Waals surface area contributed by atoms with Gasteiger partial charge in [-0.25, -0.2) is 0 Å². The minimum atomic E-state index is -0.818. The summed E-state index contributed by atoms with van der Waals surface area (Å²) in [4.78, 5) is 38.4. The van der Waals surface area contributed by atoms with E-state index >= 15 is 0 Å². The number of hydrogen-bond acceptors (Lipinski definition) is 6. The van der Waals surface area contributed by atoms with Crippen molar-refractivity contribution >= 4 is 17.9 Å². The van der Waals surface area contributed by atoms with Crippen LogP contribution >= 0.6 is 0 Å². The van der Waals surface area contributed by atoms with E-state index in [1.54, 1.807) is 0 Å². The van der Waals surface area contributed by atoms with Gasteiger partial charge in [-0.3, -0.25) is 14.4 Å². The molecule has 1 atom stereocenters. The lowest BCUT2D eigenvalue weighted by Crippen LogP contribution is -2.30. The molecule has 79 heavy (non-hydrogen) atoms. The van der Waals surface area contributed by atoms with Gasteiger partial charge >= 0.3 is 17.9 Å². The molecule has 1 unspecified atom stereocenters. The summed E-state index contributed by atoms with van der Waals surface area (Å²) >= 11 is 0. The van der Waals surface area contributed by atoms with E-state index in [9.17, 15) is 14.4 Å². The van der Waals surface area contributed by atoms with Crippen LogP contribution in [0.2, 0.25) is 0 Å². The Morgan fingerprint density at radius 2 is 0.494 bits per heavy atom. The second-order valence-corrected chi connectivity index (χ2v) is 20.5. The Hall–Kier alpha value is -4.97. The summed E-state index contributed by atoms with van der Waals surface area (Å²) in [5.41, 5.74) is 0. The normalized spacial score (nSPS) is 13.2. The minimum absolute atomic E-state index is 0.111. The van der Waals surface area contributed by atoms with Crippen molar-refractivity contribution in [2.24, 2.45) is 0 Å². The van der Waals surface area contributed by atoms with E-state index in [1.165, 1.54) is 51.4 Å². The summed E-state index contributed by atoms with van der Waals surface area (Å²) in [7, 11) is 0. The van der Waals surface area contributed by atoms with Crippen LogP contribution in [0.15, 0.2) is 158 Å². The minimum Gasteiger partial charge on any atom is -0.462 e. The molecule has 444 valence electrons. The largest absolute Gasteiger partial charge is 0.462 e. The smallest absolute Gasteiger partial charge is 0.306 e. The van der Waals surface area contributed by atoms with Crippen molar-refractivity contribution in [3.63, 3.8) is 0 Å². The van der Waals surface area contributed by atoms with E-state index in [-0.39, 0.29) is 31.1 Å². The molecule has 6 nitrogen and oxygen atoms in total. The lowest BCUT2D eigenvalue weighted by molar-refractivity contribution is -0.167. The van der Waals surface area contributed by atoms with E-state index in [1.807, 2.05) is 0 Å². The Kier molecular flexibility index (Phi) is 61.4. The maximum absolute atomic E-state index is 12.9. The second kappa shape index (κ2) is 65.5. The topological polar surface area (TPSA) is 78.9 Å². The molecule has 6 heteroatoms. The molecule has 0 amide bonds. The highest BCUT2D eigenvalue weighted by molar-refractivity contribution is 5.71. The molecular formula is C73H116O6. The predicted molar refractivity (Wildman–Crippen MR) is 343 cm³/mol. The fourth-order valence-corrected chi connectivity index (χ4v) is 8.27. The van der Waals surface area contributed by atoms with Crippen molar-refractivity contribution in [3.05, 3.63) is 158 Å². The fourth-order valence-electron chi connectivity index (χ4n) is 8.27. The molecule has 0 aliphatic rings. The molecule has 0 aromatic rings. The van der Waals surface area contributed by atoms with Crippen molar-refractivity contribution < 1.29 is 28.6 Å². The van der Waals surface area contributed by atoms with Crippen LogP contribution in [0.1, 0.15) is 265 Å². The first kappa shape index (κ1) is 74.0. The number of hydrogen-bond donors (Lipinski definition) is 0. The molecule has 0 saturated carbocycles. The van der Waals surface area contributed by atoms with E-state index in [4.69, 9.17) is 14.2 Å². The molecule has 0 bridgehead atoms. The molecule has 0 saturated heterocycles. The molecule has 0 spiro atoms. The average molecular weight is 1090 g/mol. The van der Waals surface area contributed by atoms with Gasteiger partial charge in [0.1, 0.15) is 13.2 Å². The van der Waals surface area contributed by atoms with Crippen LogP contribution in [-0.2, 0) is 28.6 Å². The zero-order valence-corrected chi connectivity index (χ0v) is 50.8. The van der Waals surface area contributed by atoms with Gasteiger partial charge < -0.3 is 14.2 Å². The first-order valence-electron chi connectivity index (χ1n) is 32.0. The SMILES string of the molecule is CC/C=C\C/C=C\C/C=C\C/C=C\C/C=C\CCCCCCCC(=O)OCC(COC(=O)CCCCC/C=C\C/C=C\C/C=C\C/C=C\C/C=C\CC)OC(=O)CCCCCCCC/C=C\C/C=C\C/C=C\CCCCCCC. The van der Waals surface area contributed by atoms with Crippen LogP contribution < -0.4 is 0 Å². The number of allylic oxidation sites excluding steroid dienone is 26. The number of ether oxygens (including phenoxy) is 3. The summed E-state index contributed by atoms with van der Waals surface area (Å²) < 4.78 is 16.9. The Morgan fingerprint density at radius 1 is 0.266 bits per heavy atom. The van der Waals surface area contributed by atoms with Gasteiger partial charge in [0.2, 0.25) is 0 Å². The van der Waals surface area contributed by atoms with Gasteiger partial charge in [0.15, 0.2) is 6.10 Å². The number of esters is 3. The first-order chi connectivity index (χ1) is 39.0. The van der Waals surface area contributed by atoms with E-state index < -0.39 is 6.10 Å². The van der Waals surface area contributed by atoms with Crippen molar-refractivity contribution in [1.82, 2.24) is 0 Å². The van der Waals surface area contributed by atoms with Gasteiger partial charge in [-0.2, -0.15) is 0 Å². The van der Waals surface area contributed by atoms with Gasteiger partial charge in [-0.1, -0.05) is 256 Å². The third kappa shape index (κ3) is 63.7. The van der Waals surface area contributed by atoms with Gasteiger partial charge in [0, 0.05) is 19.3 Å². The zero-order chi connectivity index (χ0) is 57.1. The van der Waals surface area contributed by atoms with Gasteiger partial charge in [0.25, 0.3) is 0 Å². The van der Waals surface area contributed by atoms with Crippen molar-refractivity contribution in [2.45, 2.75) is 271 Å². The molecule has 0 aliphatic heterocycles. The number of unbranched alkanes of at least 4 members (excludes halogenated alkanes) is 19. The predicted octanol–water partition coefficient (Wildman–Crippen LogP) is 22.1. The lowest BCUT2D eigenvalue weighted by atomic mass is 10.1. The van der Waals surface area contributed by atoms with E-state index in [0.717, 1.165) is 173 Å². The Morgan fingerprint density at radius 3 is 0.785 bits per heavy atom. The molecule has 0 aromatic carbocycles. The Labute approximate surface area is 486 Å². The summed E-state index contributed by atoms with van der Waals surface area (Å²) in [6.45, 7) is 6.35. The maximum atomic E-state index is 12.9. The van der Waals surface area contributed by atoms with E-state index in [0.29, 0.717) is 19.3 Å². The highest BCUT2D eigenvalue weighted by Crippen LogP contribution is 2.14. The maximum Gasteiger partial charge on any atom is 0.306 e. The summed E-state index contributed by atoms with van der Waals surface area (Å²) in [5, 5.41) is 0. The Balaban J connectivity index is 4.55. The van der Waals surface area contributed by atoms with Crippen LogP contribution in [0.5, 0.6) is 0 Å². The summed E-state index contributed by atoms with van der Waals surface area (Å²) in [6.07, 6.45) is 95.2. The molecule has 0 N–H and O–H groups in total. The lowest BCUT2D eigenvalue weighted by Gasteiger charge is -2.18. The number of carbonyl (C=O) groups excluding carboxylic acids is 3. The monoisotopic (exact) mass is 1090 g/mol. The second-order valence-electron chi connectivity index (χ2n) is 20.5. The van der Waals surface area contributed by atoms with Gasteiger partial charge in [-0.15, -0.1) is 0 Å². The van der Waals surface area contributed by atoms with Crippen molar-refractivity contribution in [3.8, 4) is 0 Å². The highest BCUT2D eigenvalue weighted by Gasteiger charge is 2.19.